The van der Waals surface area contributed by atoms with E-state index in [4.69, 9.17) is 4.74 Å². The molecule has 6 nitrogen and oxygen atoms in total. The van der Waals surface area contributed by atoms with E-state index in [0.717, 1.165) is 17.0 Å². The molecule has 0 amide bonds. The van der Waals surface area contributed by atoms with Gasteiger partial charge in [0.2, 0.25) is 5.82 Å². The van der Waals surface area contributed by atoms with Crippen LogP contribution in [0.5, 0.6) is 5.75 Å². The monoisotopic (exact) mass is 453 g/mol. The van der Waals surface area contributed by atoms with Crippen LogP contribution in [0.15, 0.2) is 72.9 Å². The Labute approximate surface area is 201 Å². The molecule has 2 aromatic heterocycles. The number of benzene rings is 2. The second kappa shape index (κ2) is 9.01. The van der Waals surface area contributed by atoms with Gasteiger partial charge in [-0.15, -0.1) is 10.2 Å². The summed E-state index contributed by atoms with van der Waals surface area (Å²) in [5.41, 5.74) is 4.62. The fourth-order valence-corrected chi connectivity index (χ4v) is 5.04. The molecule has 0 bridgehead atoms. The summed E-state index contributed by atoms with van der Waals surface area (Å²) in [6.07, 6.45) is 5.50. The van der Waals surface area contributed by atoms with Gasteiger partial charge in [0.1, 0.15) is 12.4 Å². The third kappa shape index (κ3) is 3.98. The topological polar surface area (TPSA) is 65.7 Å². The Bertz CT molecular complexity index is 1230. The van der Waals surface area contributed by atoms with Crippen LogP contribution < -0.4 is 4.74 Å². The number of hydrogen-bond acceptors (Lipinski definition) is 5. The minimum Gasteiger partial charge on any atom is -0.487 e. The number of nitrogens with zero attached hydrogens (tertiary/aromatic N) is 5. The molecule has 5 rings (SSSR count). The van der Waals surface area contributed by atoms with Crippen LogP contribution in [-0.2, 0) is 18.6 Å². The molecule has 1 saturated carbocycles. The lowest BCUT2D eigenvalue weighted by molar-refractivity contribution is 0.0751. The first kappa shape index (κ1) is 22.3. The second-order valence-corrected chi connectivity index (χ2v) is 9.55. The van der Waals surface area contributed by atoms with E-state index < -0.39 is 0 Å². The summed E-state index contributed by atoms with van der Waals surface area (Å²) in [5.74, 6) is 1.52. The van der Waals surface area contributed by atoms with E-state index in [0.29, 0.717) is 19.0 Å². The van der Waals surface area contributed by atoms with Crippen molar-refractivity contribution < 1.29 is 4.74 Å². The summed E-state index contributed by atoms with van der Waals surface area (Å²) < 4.78 is 5.98. The first-order chi connectivity index (χ1) is 16.5. The molecule has 0 radical (unpaired) electrons. The van der Waals surface area contributed by atoms with Gasteiger partial charge in [-0.3, -0.25) is 4.98 Å². The summed E-state index contributed by atoms with van der Waals surface area (Å²) in [7, 11) is 0. The minimum absolute atomic E-state index is 0.113. The smallest absolute Gasteiger partial charge is 0.204 e. The lowest BCUT2D eigenvalue weighted by Crippen LogP contribution is -2.47. The predicted molar refractivity (Wildman–Crippen MR) is 132 cm³/mol. The van der Waals surface area contributed by atoms with Gasteiger partial charge < -0.3 is 4.74 Å². The highest BCUT2D eigenvalue weighted by Crippen LogP contribution is 2.58. The van der Waals surface area contributed by atoms with Crippen LogP contribution >= 0.6 is 0 Å². The Morgan fingerprint density at radius 2 is 1.68 bits per heavy atom. The SMILES string of the molecule is CCn1nnc(-c2ccc(C(C)(c3ccc(OCc4ccccn4)cc3)C3(C)CCC3)cc2)n1. The summed E-state index contributed by atoms with van der Waals surface area (Å²) >= 11 is 0. The van der Waals surface area contributed by atoms with Gasteiger partial charge in [0.25, 0.3) is 0 Å². The molecule has 2 heterocycles. The van der Waals surface area contributed by atoms with Crippen LogP contribution in [0.2, 0.25) is 0 Å². The highest BCUT2D eigenvalue weighted by Gasteiger charge is 2.50. The van der Waals surface area contributed by atoms with E-state index in [2.05, 4.69) is 82.8 Å². The number of pyridine rings is 1. The molecule has 0 spiro atoms. The molecule has 2 aromatic carbocycles. The van der Waals surface area contributed by atoms with Gasteiger partial charge in [-0.05, 0) is 65.8 Å². The zero-order valence-electron chi connectivity index (χ0n) is 20.1. The quantitative estimate of drug-likeness (QED) is 0.336. The van der Waals surface area contributed by atoms with Crippen LogP contribution in [-0.4, -0.2) is 25.2 Å². The lowest BCUT2D eigenvalue weighted by atomic mass is 9.50. The van der Waals surface area contributed by atoms with E-state index in [9.17, 15) is 0 Å². The van der Waals surface area contributed by atoms with E-state index in [1.165, 1.54) is 30.4 Å². The number of hydrogen-bond donors (Lipinski definition) is 0. The highest BCUT2D eigenvalue weighted by atomic mass is 16.5. The first-order valence-electron chi connectivity index (χ1n) is 12.0. The Balaban J connectivity index is 1.42. The number of ether oxygens (including phenoxy) is 1. The molecule has 0 aliphatic heterocycles. The number of aryl methyl sites for hydroxylation is 1. The van der Waals surface area contributed by atoms with Gasteiger partial charge in [-0.1, -0.05) is 62.7 Å². The van der Waals surface area contributed by atoms with E-state index in [1.54, 1.807) is 11.0 Å². The number of rotatable bonds is 8. The molecule has 1 fully saturated rings. The normalized spacial score (nSPS) is 16.4. The standard InChI is InChI=1S/C28H31N5O/c1-4-33-31-26(30-32-33)21-9-11-22(12-10-21)28(3,27(2)17-7-18-27)23-13-15-25(16-14-23)34-20-24-8-5-6-19-29-24/h5-6,8-16,19H,4,7,17-18,20H2,1-3H3. The van der Waals surface area contributed by atoms with Gasteiger partial charge in [-0.25, -0.2) is 0 Å². The predicted octanol–water partition coefficient (Wildman–Crippen LogP) is 5.83. The molecule has 1 aliphatic rings. The second-order valence-electron chi connectivity index (χ2n) is 9.55. The van der Waals surface area contributed by atoms with Crippen molar-refractivity contribution in [2.24, 2.45) is 5.41 Å². The largest absolute Gasteiger partial charge is 0.487 e. The Morgan fingerprint density at radius 3 is 2.24 bits per heavy atom. The Kier molecular flexibility index (Phi) is 5.90. The van der Waals surface area contributed by atoms with Crippen LogP contribution in [0.3, 0.4) is 0 Å². The van der Waals surface area contributed by atoms with E-state index >= 15 is 0 Å². The summed E-state index contributed by atoms with van der Waals surface area (Å²) in [6.45, 7) is 7.99. The fraction of sp³-hybridized carbons (Fsp3) is 0.357. The van der Waals surface area contributed by atoms with Crippen molar-refractivity contribution in [2.45, 2.75) is 58.6 Å². The van der Waals surface area contributed by atoms with Gasteiger partial charge in [0.05, 0.1) is 12.2 Å². The van der Waals surface area contributed by atoms with Crippen LogP contribution in [0, 0.1) is 5.41 Å². The maximum absolute atomic E-state index is 5.98. The minimum atomic E-state index is -0.113. The maximum atomic E-state index is 5.98. The van der Waals surface area contributed by atoms with Crippen molar-refractivity contribution >= 4 is 0 Å². The van der Waals surface area contributed by atoms with Crippen molar-refractivity contribution in [1.82, 2.24) is 25.2 Å². The molecule has 0 saturated heterocycles. The summed E-state index contributed by atoms with van der Waals surface area (Å²) in [4.78, 5) is 5.95. The fourth-order valence-electron chi connectivity index (χ4n) is 5.04. The van der Waals surface area contributed by atoms with Gasteiger partial charge >= 0.3 is 0 Å². The Hall–Kier alpha value is -3.54. The summed E-state index contributed by atoms with van der Waals surface area (Å²) in [6, 6.07) is 23.2. The van der Waals surface area contributed by atoms with E-state index in [1.807, 2.05) is 25.1 Å². The average molecular weight is 454 g/mol. The Morgan fingerprint density at radius 1 is 0.971 bits per heavy atom. The molecule has 0 N–H and O–H groups in total. The van der Waals surface area contributed by atoms with Crippen molar-refractivity contribution in [2.75, 3.05) is 0 Å². The third-order valence-corrected chi connectivity index (χ3v) is 7.66. The highest BCUT2D eigenvalue weighted by molar-refractivity contribution is 5.56. The van der Waals surface area contributed by atoms with Gasteiger partial charge in [0, 0.05) is 17.2 Å². The van der Waals surface area contributed by atoms with E-state index in [-0.39, 0.29) is 10.8 Å². The van der Waals surface area contributed by atoms with Crippen molar-refractivity contribution in [3.63, 3.8) is 0 Å². The molecule has 1 aliphatic carbocycles. The zero-order chi connectivity index (χ0) is 23.6. The summed E-state index contributed by atoms with van der Waals surface area (Å²) in [5, 5.41) is 12.7. The molecular formula is C28H31N5O. The average Bonchev–Trinajstić information content (AvgIpc) is 3.36. The maximum Gasteiger partial charge on any atom is 0.204 e. The first-order valence-corrected chi connectivity index (χ1v) is 12.0. The molecule has 1 atom stereocenters. The van der Waals surface area contributed by atoms with Crippen molar-refractivity contribution in [3.05, 3.63) is 89.7 Å². The molecule has 34 heavy (non-hydrogen) atoms. The number of tetrazole rings is 1. The third-order valence-electron chi connectivity index (χ3n) is 7.66. The molecular weight excluding hydrogens is 422 g/mol. The molecule has 174 valence electrons. The van der Waals surface area contributed by atoms with Crippen molar-refractivity contribution in [3.8, 4) is 17.1 Å². The number of aromatic nitrogens is 5. The molecule has 4 aromatic rings. The van der Waals surface area contributed by atoms with Crippen LogP contribution in [0.4, 0.5) is 0 Å². The van der Waals surface area contributed by atoms with Crippen molar-refractivity contribution in [1.29, 1.82) is 0 Å². The van der Waals surface area contributed by atoms with Crippen LogP contribution in [0.25, 0.3) is 11.4 Å². The van der Waals surface area contributed by atoms with Gasteiger partial charge in [0.15, 0.2) is 0 Å². The van der Waals surface area contributed by atoms with Gasteiger partial charge in [-0.2, -0.15) is 4.80 Å². The van der Waals surface area contributed by atoms with Crippen LogP contribution in [0.1, 0.15) is 56.9 Å². The molecule has 1 unspecified atom stereocenters. The molecule has 6 heteroatoms. The lowest BCUT2D eigenvalue weighted by Gasteiger charge is -2.53. The zero-order valence-corrected chi connectivity index (χ0v) is 20.1.